The molecule has 0 radical (unpaired) electrons. The molecule has 2 atom stereocenters. The summed E-state index contributed by atoms with van der Waals surface area (Å²) >= 11 is 5.95. The molecule has 2 aliphatic rings. The van der Waals surface area contributed by atoms with Gasteiger partial charge in [0, 0.05) is 18.2 Å². The van der Waals surface area contributed by atoms with Gasteiger partial charge in [0.25, 0.3) is 5.84 Å². The summed E-state index contributed by atoms with van der Waals surface area (Å²) in [5.74, 6) is -0.285. The number of benzene rings is 1. The molecule has 2 aliphatic heterocycles. The summed E-state index contributed by atoms with van der Waals surface area (Å²) in [5, 5.41) is 0.426. The van der Waals surface area contributed by atoms with E-state index in [0.29, 0.717) is 11.6 Å². The van der Waals surface area contributed by atoms with Gasteiger partial charge in [-0.1, -0.05) is 48.0 Å². The fourth-order valence-electron chi connectivity index (χ4n) is 4.29. The molecule has 0 saturated heterocycles. The molecule has 0 bridgehead atoms. The summed E-state index contributed by atoms with van der Waals surface area (Å²) < 4.78 is 1.84. The second-order valence-corrected chi connectivity index (χ2v) is 7.98. The van der Waals surface area contributed by atoms with Crippen molar-refractivity contribution >= 4 is 29.3 Å². The molecule has 1 aromatic heterocycles. The smallest absolute Gasteiger partial charge is 0.245 e. The van der Waals surface area contributed by atoms with Crippen LogP contribution in [0.15, 0.2) is 48.7 Å². The molecule has 0 aliphatic carbocycles. The summed E-state index contributed by atoms with van der Waals surface area (Å²) in [6.45, 7) is 3.99. The zero-order chi connectivity index (χ0) is 19.8. The minimum Gasteiger partial charge on any atom is -0.245 e. The number of hydrogen-bond donors (Lipinski definition) is 0. The van der Waals surface area contributed by atoms with Gasteiger partial charge in [-0.05, 0) is 38.3 Å². The van der Waals surface area contributed by atoms with E-state index in [1.165, 1.54) is 0 Å². The van der Waals surface area contributed by atoms with Crippen LogP contribution in [0.4, 0.5) is 0 Å². The monoisotopic (exact) mass is 396 g/mol. The van der Waals surface area contributed by atoms with Crippen LogP contribution in [0.5, 0.6) is 0 Å². The van der Waals surface area contributed by atoms with Crippen LogP contribution in [0.3, 0.4) is 0 Å². The van der Waals surface area contributed by atoms with Gasteiger partial charge in [-0.25, -0.2) is 14.6 Å². The van der Waals surface area contributed by atoms with E-state index in [1.807, 2.05) is 59.7 Å². The third-order valence-corrected chi connectivity index (χ3v) is 5.72. The fourth-order valence-corrected chi connectivity index (χ4v) is 4.41. The van der Waals surface area contributed by atoms with Crippen LogP contribution in [-0.4, -0.2) is 38.2 Å². The highest BCUT2D eigenvalue weighted by Crippen LogP contribution is 2.36. The molecule has 6 heteroatoms. The number of carbonyl (C=O) groups excluding carboxylic acids is 2. The third-order valence-electron chi connectivity index (χ3n) is 5.50. The van der Waals surface area contributed by atoms with E-state index in [0.717, 1.165) is 29.8 Å². The van der Waals surface area contributed by atoms with Gasteiger partial charge >= 0.3 is 11.8 Å². The Morgan fingerprint density at radius 3 is 2.50 bits per heavy atom. The molecule has 1 aromatic carbocycles. The van der Waals surface area contributed by atoms with Crippen molar-refractivity contribution in [1.29, 1.82) is 0 Å². The van der Waals surface area contributed by atoms with Crippen LogP contribution in [-0.2, 0) is 9.59 Å². The molecule has 5 nitrogen and oxygen atoms in total. The molecule has 2 amide bonds. The summed E-state index contributed by atoms with van der Waals surface area (Å²) in [6, 6.07) is 12.8. The number of pyridine rings is 1. The molecule has 4 rings (SSSR count). The van der Waals surface area contributed by atoms with Crippen molar-refractivity contribution in [1.82, 2.24) is 9.88 Å². The first-order valence-corrected chi connectivity index (χ1v) is 10.0. The molecule has 0 fully saturated rings. The minimum atomic E-state index is -0.812. The van der Waals surface area contributed by atoms with Crippen LogP contribution in [0.25, 0.3) is 0 Å². The average molecular weight is 397 g/mol. The van der Waals surface area contributed by atoms with E-state index in [2.05, 4.69) is 4.98 Å². The Kier molecular flexibility index (Phi) is 5.02. The Labute approximate surface area is 169 Å². The van der Waals surface area contributed by atoms with Crippen molar-refractivity contribution < 1.29 is 14.2 Å². The van der Waals surface area contributed by atoms with Gasteiger partial charge in [-0.2, -0.15) is 9.48 Å². The SMILES string of the molecule is CC(C)N1C(=O)C(c2ccccc2)C(=O)[N+]2=C1CCCC2c1ccc(Cl)nc1. The Morgan fingerprint density at radius 2 is 1.86 bits per heavy atom. The van der Waals surface area contributed by atoms with E-state index in [-0.39, 0.29) is 23.9 Å². The lowest BCUT2D eigenvalue weighted by Crippen LogP contribution is -2.58. The predicted molar refractivity (Wildman–Crippen MR) is 107 cm³/mol. The normalized spacial score (nSPS) is 22.6. The van der Waals surface area contributed by atoms with Crippen molar-refractivity contribution in [2.75, 3.05) is 0 Å². The molecule has 28 heavy (non-hydrogen) atoms. The van der Waals surface area contributed by atoms with Gasteiger partial charge in [-0.15, -0.1) is 0 Å². The Balaban J connectivity index is 1.86. The number of rotatable bonds is 3. The Morgan fingerprint density at radius 1 is 1.11 bits per heavy atom. The molecule has 2 aromatic rings. The molecule has 3 heterocycles. The first-order valence-electron chi connectivity index (χ1n) is 9.67. The zero-order valence-corrected chi connectivity index (χ0v) is 16.8. The van der Waals surface area contributed by atoms with Gasteiger partial charge in [0.2, 0.25) is 0 Å². The molecule has 0 N–H and O–H groups in total. The van der Waals surface area contributed by atoms with E-state index >= 15 is 0 Å². The van der Waals surface area contributed by atoms with E-state index in [9.17, 15) is 9.59 Å². The number of aromatic nitrogens is 1. The Hall–Kier alpha value is -2.53. The number of amides is 2. The minimum absolute atomic E-state index is 0.0218. The van der Waals surface area contributed by atoms with Gasteiger partial charge in [0.15, 0.2) is 5.92 Å². The quantitative estimate of drug-likeness (QED) is 0.448. The van der Waals surface area contributed by atoms with Crippen molar-refractivity contribution in [3.05, 3.63) is 64.9 Å². The van der Waals surface area contributed by atoms with Gasteiger partial charge in [0.1, 0.15) is 11.2 Å². The highest BCUT2D eigenvalue weighted by molar-refractivity contribution is 6.29. The van der Waals surface area contributed by atoms with Gasteiger partial charge < -0.3 is 0 Å². The van der Waals surface area contributed by atoms with E-state index < -0.39 is 5.92 Å². The standard InChI is InChI=1S/C22H23ClN3O2/c1-14(2)25-19-10-6-9-17(16-11-12-18(23)24-13-16)26(19)22(28)20(21(25)27)15-7-4-3-5-8-15/h3-5,7-8,11-14,17,20H,6,9-10H2,1-2H3/q+1. The first kappa shape index (κ1) is 18.8. The first-order chi connectivity index (χ1) is 13.5. The zero-order valence-electron chi connectivity index (χ0n) is 16.0. The number of nitrogens with zero attached hydrogens (tertiary/aromatic N) is 3. The molecular weight excluding hydrogens is 374 g/mol. The predicted octanol–water partition coefficient (Wildman–Crippen LogP) is 3.93. The van der Waals surface area contributed by atoms with Crippen molar-refractivity contribution in [3.63, 3.8) is 0 Å². The highest BCUT2D eigenvalue weighted by Gasteiger charge is 2.52. The topological polar surface area (TPSA) is 53.3 Å². The largest absolute Gasteiger partial charge is 0.329 e. The fraction of sp³-hybridized carbons (Fsp3) is 0.364. The maximum atomic E-state index is 13.6. The van der Waals surface area contributed by atoms with Gasteiger partial charge in [-0.3, -0.25) is 0 Å². The Bertz CT molecular complexity index is 938. The van der Waals surface area contributed by atoms with Crippen LogP contribution >= 0.6 is 11.6 Å². The number of amidine groups is 1. The maximum Gasteiger partial charge on any atom is 0.329 e. The van der Waals surface area contributed by atoms with Crippen LogP contribution in [0.2, 0.25) is 5.15 Å². The lowest BCUT2D eigenvalue weighted by molar-refractivity contribution is -0.509. The molecule has 0 saturated carbocycles. The van der Waals surface area contributed by atoms with E-state index in [4.69, 9.17) is 11.6 Å². The highest BCUT2D eigenvalue weighted by atomic mass is 35.5. The molecule has 2 unspecified atom stereocenters. The van der Waals surface area contributed by atoms with Gasteiger partial charge in [0.05, 0.1) is 6.04 Å². The molecule has 144 valence electrons. The number of halogens is 1. The summed E-state index contributed by atoms with van der Waals surface area (Å²) in [4.78, 5) is 33.0. The second-order valence-electron chi connectivity index (χ2n) is 7.59. The average Bonchev–Trinajstić information content (AvgIpc) is 2.69. The third kappa shape index (κ3) is 3.14. The van der Waals surface area contributed by atoms with Crippen molar-refractivity contribution in [2.45, 2.75) is 51.1 Å². The van der Waals surface area contributed by atoms with Crippen molar-refractivity contribution in [2.24, 2.45) is 0 Å². The second kappa shape index (κ2) is 7.47. The van der Waals surface area contributed by atoms with Crippen molar-refractivity contribution in [3.8, 4) is 0 Å². The summed E-state index contributed by atoms with van der Waals surface area (Å²) in [6.07, 6.45) is 4.20. The summed E-state index contributed by atoms with van der Waals surface area (Å²) in [5.41, 5.74) is 1.68. The number of hydrogen-bond acceptors (Lipinski definition) is 3. The van der Waals surface area contributed by atoms with Crippen LogP contribution < -0.4 is 0 Å². The van der Waals surface area contributed by atoms with Crippen LogP contribution in [0, 0.1) is 0 Å². The number of carbonyl (C=O) groups is 2. The maximum absolute atomic E-state index is 13.6. The summed E-state index contributed by atoms with van der Waals surface area (Å²) in [7, 11) is 0. The molecule has 0 spiro atoms. The lowest BCUT2D eigenvalue weighted by atomic mass is 9.88. The molecular formula is C22H23ClN3O2+. The van der Waals surface area contributed by atoms with Crippen LogP contribution in [0.1, 0.15) is 56.2 Å². The lowest BCUT2D eigenvalue weighted by Gasteiger charge is -2.36. The van der Waals surface area contributed by atoms with E-state index in [1.54, 1.807) is 12.3 Å².